The van der Waals surface area contributed by atoms with Gasteiger partial charge in [0.1, 0.15) is 0 Å². The average molecular weight is 318 g/mol. The fourth-order valence-corrected chi connectivity index (χ4v) is 3.08. The third-order valence-corrected chi connectivity index (χ3v) is 4.30. The second-order valence-corrected chi connectivity index (χ2v) is 5.81. The first-order valence-corrected chi connectivity index (χ1v) is 8.08. The number of carbonyl (C=O) groups excluding carboxylic acids is 1. The maximum atomic E-state index is 12.2. The molecule has 0 unspecified atom stereocenters. The van der Waals surface area contributed by atoms with Crippen LogP contribution in [0, 0.1) is 0 Å². The Balaban J connectivity index is 2.46. The van der Waals surface area contributed by atoms with Crippen LogP contribution in [0.25, 0.3) is 0 Å². The van der Waals surface area contributed by atoms with Gasteiger partial charge in [0.25, 0.3) is 5.91 Å². The zero-order chi connectivity index (χ0) is 12.7. The highest BCUT2D eigenvalue weighted by atomic mass is 79.9. The Hall–Kier alpha value is -0.350. The van der Waals surface area contributed by atoms with Crippen molar-refractivity contribution in [3.05, 3.63) is 21.9 Å². The van der Waals surface area contributed by atoms with Crippen molar-refractivity contribution in [2.45, 2.75) is 32.6 Å². The highest BCUT2D eigenvalue weighted by Crippen LogP contribution is 2.19. The lowest BCUT2D eigenvalue weighted by molar-refractivity contribution is 0.0796. The molecule has 0 aliphatic rings. The zero-order valence-electron chi connectivity index (χ0n) is 10.5. The van der Waals surface area contributed by atoms with E-state index in [1.165, 1.54) is 18.4 Å². The lowest BCUT2D eigenvalue weighted by Crippen LogP contribution is -2.27. The van der Waals surface area contributed by atoms with Crippen molar-refractivity contribution in [3.8, 4) is 0 Å². The summed E-state index contributed by atoms with van der Waals surface area (Å²) in [4.78, 5) is 14.9. The van der Waals surface area contributed by atoms with Crippen LogP contribution in [0.3, 0.4) is 0 Å². The van der Waals surface area contributed by atoms with Gasteiger partial charge < -0.3 is 4.90 Å². The predicted molar refractivity (Wildman–Crippen MR) is 78.3 cm³/mol. The number of rotatable bonds is 7. The van der Waals surface area contributed by atoms with Crippen LogP contribution in [0.1, 0.15) is 41.4 Å². The van der Waals surface area contributed by atoms with Crippen molar-refractivity contribution in [2.24, 2.45) is 0 Å². The van der Waals surface area contributed by atoms with Crippen LogP contribution < -0.4 is 0 Å². The number of nitrogens with zero attached hydrogens (tertiary/aromatic N) is 1. The van der Waals surface area contributed by atoms with Crippen LogP contribution in [-0.4, -0.2) is 29.7 Å². The standard InChI is InChI=1S/C13H20BrNOS/c1-3-11-7-10-17-12(11)13(16)15(2)9-6-4-5-8-14/h7,10H,3-6,8-9H2,1-2H3. The maximum absolute atomic E-state index is 12.2. The molecule has 1 aromatic heterocycles. The lowest BCUT2D eigenvalue weighted by Gasteiger charge is -2.16. The Bertz CT molecular complexity index is 351. The number of carbonyl (C=O) groups is 1. The molecule has 4 heteroatoms. The minimum atomic E-state index is 0.177. The molecule has 0 bridgehead atoms. The molecular weight excluding hydrogens is 298 g/mol. The Labute approximate surface area is 116 Å². The van der Waals surface area contributed by atoms with Crippen molar-refractivity contribution in [1.29, 1.82) is 0 Å². The van der Waals surface area contributed by atoms with E-state index in [-0.39, 0.29) is 5.91 Å². The molecule has 1 heterocycles. The van der Waals surface area contributed by atoms with Crippen molar-refractivity contribution in [3.63, 3.8) is 0 Å². The predicted octanol–water partition coefficient (Wildman–Crippen LogP) is 3.95. The van der Waals surface area contributed by atoms with E-state index in [9.17, 15) is 4.79 Å². The Morgan fingerprint density at radius 1 is 1.41 bits per heavy atom. The van der Waals surface area contributed by atoms with E-state index in [4.69, 9.17) is 0 Å². The summed E-state index contributed by atoms with van der Waals surface area (Å²) in [6.07, 6.45) is 4.37. The monoisotopic (exact) mass is 317 g/mol. The van der Waals surface area contributed by atoms with Crippen molar-refractivity contribution in [1.82, 2.24) is 4.90 Å². The summed E-state index contributed by atoms with van der Waals surface area (Å²) < 4.78 is 0. The fourth-order valence-electron chi connectivity index (χ4n) is 1.70. The van der Waals surface area contributed by atoms with E-state index in [2.05, 4.69) is 28.9 Å². The summed E-state index contributed by atoms with van der Waals surface area (Å²) in [5.74, 6) is 0.177. The van der Waals surface area contributed by atoms with Crippen LogP contribution in [0.4, 0.5) is 0 Å². The van der Waals surface area contributed by atoms with Gasteiger partial charge in [-0.2, -0.15) is 0 Å². The minimum Gasteiger partial charge on any atom is -0.341 e. The van der Waals surface area contributed by atoms with Gasteiger partial charge >= 0.3 is 0 Å². The van der Waals surface area contributed by atoms with Crippen molar-refractivity contribution < 1.29 is 4.79 Å². The molecule has 17 heavy (non-hydrogen) atoms. The van der Waals surface area contributed by atoms with Gasteiger partial charge in [-0.15, -0.1) is 11.3 Å². The largest absolute Gasteiger partial charge is 0.341 e. The zero-order valence-corrected chi connectivity index (χ0v) is 12.9. The normalized spacial score (nSPS) is 10.5. The summed E-state index contributed by atoms with van der Waals surface area (Å²) in [6, 6.07) is 2.05. The molecule has 0 radical (unpaired) electrons. The van der Waals surface area contributed by atoms with Crippen LogP contribution in [0.15, 0.2) is 11.4 Å². The highest BCUT2D eigenvalue weighted by molar-refractivity contribution is 9.09. The molecule has 0 aliphatic heterocycles. The molecule has 0 saturated heterocycles. The van der Waals surface area contributed by atoms with Crippen LogP contribution in [0.5, 0.6) is 0 Å². The van der Waals surface area contributed by atoms with Gasteiger partial charge in [-0.25, -0.2) is 0 Å². The van der Waals surface area contributed by atoms with Gasteiger partial charge in [-0.1, -0.05) is 29.3 Å². The average Bonchev–Trinajstić information content (AvgIpc) is 2.81. The first kappa shape index (κ1) is 14.7. The van der Waals surface area contributed by atoms with E-state index in [1.807, 2.05) is 17.3 Å². The molecule has 1 rings (SSSR count). The minimum absolute atomic E-state index is 0.177. The third kappa shape index (κ3) is 4.43. The Morgan fingerprint density at radius 2 is 2.18 bits per heavy atom. The smallest absolute Gasteiger partial charge is 0.263 e. The number of halogens is 1. The fraction of sp³-hybridized carbons (Fsp3) is 0.615. The van der Waals surface area contributed by atoms with Crippen LogP contribution in [0.2, 0.25) is 0 Å². The molecule has 0 saturated carbocycles. The molecule has 0 aromatic carbocycles. The third-order valence-electron chi connectivity index (χ3n) is 2.80. The number of alkyl halides is 1. The topological polar surface area (TPSA) is 20.3 Å². The summed E-state index contributed by atoms with van der Waals surface area (Å²) in [5.41, 5.74) is 1.17. The summed E-state index contributed by atoms with van der Waals surface area (Å²) in [7, 11) is 1.90. The van der Waals surface area contributed by atoms with E-state index in [0.29, 0.717) is 0 Å². The number of hydrogen-bond acceptors (Lipinski definition) is 2. The van der Waals surface area contributed by atoms with Crippen molar-refractivity contribution >= 4 is 33.2 Å². The number of amides is 1. The van der Waals surface area contributed by atoms with Gasteiger partial charge in [-0.3, -0.25) is 4.79 Å². The quantitative estimate of drug-likeness (QED) is 0.551. The highest BCUT2D eigenvalue weighted by Gasteiger charge is 2.15. The first-order chi connectivity index (χ1) is 8.20. The summed E-state index contributed by atoms with van der Waals surface area (Å²) in [5, 5.41) is 3.06. The van der Waals surface area contributed by atoms with Crippen LogP contribution >= 0.6 is 27.3 Å². The molecule has 1 amide bonds. The molecule has 0 fully saturated rings. The second-order valence-electron chi connectivity index (χ2n) is 4.10. The number of aryl methyl sites for hydroxylation is 1. The molecule has 0 atom stereocenters. The van der Waals surface area contributed by atoms with Gasteiger partial charge in [0.15, 0.2) is 0 Å². The SMILES string of the molecule is CCc1ccsc1C(=O)N(C)CCCCCBr. The molecule has 0 spiro atoms. The lowest BCUT2D eigenvalue weighted by atomic mass is 10.2. The molecular formula is C13H20BrNOS. The van der Waals surface area contributed by atoms with Crippen molar-refractivity contribution in [2.75, 3.05) is 18.9 Å². The van der Waals surface area contributed by atoms with Gasteiger partial charge in [-0.05, 0) is 36.3 Å². The summed E-state index contributed by atoms with van der Waals surface area (Å²) in [6.45, 7) is 2.95. The first-order valence-electron chi connectivity index (χ1n) is 6.08. The summed E-state index contributed by atoms with van der Waals surface area (Å²) >= 11 is 4.97. The number of unbranched alkanes of at least 4 members (excludes halogenated alkanes) is 2. The van der Waals surface area contributed by atoms with Gasteiger partial charge in [0, 0.05) is 18.9 Å². The second kappa shape index (κ2) is 7.88. The Kier molecular flexibility index (Phi) is 6.82. The molecule has 96 valence electrons. The molecule has 2 nitrogen and oxygen atoms in total. The molecule has 1 aromatic rings. The van der Waals surface area contributed by atoms with Gasteiger partial charge in [0.2, 0.25) is 0 Å². The van der Waals surface area contributed by atoms with Crippen LogP contribution in [-0.2, 0) is 6.42 Å². The number of hydrogen-bond donors (Lipinski definition) is 0. The maximum Gasteiger partial charge on any atom is 0.263 e. The van der Waals surface area contributed by atoms with Gasteiger partial charge in [0.05, 0.1) is 4.88 Å². The van der Waals surface area contributed by atoms with E-state index >= 15 is 0 Å². The molecule has 0 aliphatic carbocycles. The van der Waals surface area contributed by atoms with E-state index < -0.39 is 0 Å². The van der Waals surface area contributed by atoms with E-state index in [0.717, 1.165) is 29.6 Å². The molecule has 0 N–H and O–H groups in total. The Morgan fingerprint density at radius 3 is 2.82 bits per heavy atom. The number of thiophene rings is 1. The van der Waals surface area contributed by atoms with E-state index in [1.54, 1.807) is 11.3 Å².